The molecule has 0 spiro atoms. The third kappa shape index (κ3) is 9.44. The van der Waals surface area contributed by atoms with E-state index in [0.717, 1.165) is 41.8 Å². The number of thiophene rings is 1. The first-order chi connectivity index (χ1) is 12.7. The maximum Gasteiger partial charge on any atom is 0.261 e. The van der Waals surface area contributed by atoms with Crippen molar-refractivity contribution in [3.8, 4) is 0 Å². The number of rotatable bonds is 9. The Morgan fingerprint density at radius 2 is 1.89 bits per heavy atom. The lowest BCUT2D eigenvalue weighted by atomic mass is 10.1. The molecule has 0 saturated heterocycles. The highest BCUT2D eigenvalue weighted by Gasteiger charge is 2.04. The van der Waals surface area contributed by atoms with Crippen molar-refractivity contribution in [1.82, 2.24) is 16.0 Å². The van der Waals surface area contributed by atoms with Gasteiger partial charge in [0.15, 0.2) is 5.96 Å². The minimum Gasteiger partial charge on any atom is -0.357 e. The molecule has 27 heavy (non-hydrogen) atoms. The zero-order chi connectivity index (χ0) is 18.6. The van der Waals surface area contributed by atoms with Crippen molar-refractivity contribution >= 4 is 58.8 Å². The minimum atomic E-state index is -0.0167. The van der Waals surface area contributed by atoms with Gasteiger partial charge in [0.1, 0.15) is 0 Å². The molecule has 8 heteroatoms. The van der Waals surface area contributed by atoms with Crippen molar-refractivity contribution in [2.45, 2.75) is 19.8 Å². The number of nitrogens with zero attached hydrogens (tertiary/aromatic N) is 1. The summed E-state index contributed by atoms with van der Waals surface area (Å²) in [5.74, 6) is 0.781. The van der Waals surface area contributed by atoms with Crippen LogP contribution in [0.3, 0.4) is 0 Å². The largest absolute Gasteiger partial charge is 0.357 e. The molecule has 0 fully saturated rings. The first-order valence-electron chi connectivity index (χ1n) is 8.77. The van der Waals surface area contributed by atoms with E-state index in [-0.39, 0.29) is 29.9 Å². The molecule has 0 unspecified atom stereocenters. The average Bonchev–Trinajstić information content (AvgIpc) is 3.17. The van der Waals surface area contributed by atoms with Crippen LogP contribution in [0.2, 0.25) is 5.02 Å². The van der Waals surface area contributed by atoms with E-state index >= 15 is 0 Å². The quantitative estimate of drug-likeness (QED) is 0.203. The third-order valence-corrected chi connectivity index (χ3v) is 4.72. The first kappa shape index (κ1) is 23.7. The Hall–Kier alpha value is -1.32. The fraction of sp³-hybridized carbons (Fsp3) is 0.368. The van der Waals surface area contributed by atoms with Crippen LogP contribution in [-0.2, 0) is 6.42 Å². The number of aliphatic imine (C=N–C) groups is 1. The second-order valence-electron chi connectivity index (χ2n) is 5.65. The molecule has 0 atom stereocenters. The molecule has 0 bridgehead atoms. The summed E-state index contributed by atoms with van der Waals surface area (Å²) in [6.07, 6.45) is 1.70. The van der Waals surface area contributed by atoms with Crippen molar-refractivity contribution in [2.24, 2.45) is 4.99 Å². The van der Waals surface area contributed by atoms with Gasteiger partial charge in [-0.15, -0.1) is 35.3 Å². The molecule has 5 nitrogen and oxygen atoms in total. The summed E-state index contributed by atoms with van der Waals surface area (Å²) < 4.78 is 0. The van der Waals surface area contributed by atoms with Crippen molar-refractivity contribution in [1.29, 1.82) is 0 Å². The van der Waals surface area contributed by atoms with Gasteiger partial charge in [0.25, 0.3) is 5.91 Å². The summed E-state index contributed by atoms with van der Waals surface area (Å²) in [6, 6.07) is 11.6. The molecular formula is C19H26ClIN4OS. The van der Waals surface area contributed by atoms with E-state index < -0.39 is 0 Å². The zero-order valence-electron chi connectivity index (χ0n) is 15.3. The van der Waals surface area contributed by atoms with E-state index in [9.17, 15) is 4.79 Å². The molecule has 2 rings (SSSR count). The Balaban J connectivity index is 0.00000364. The van der Waals surface area contributed by atoms with Gasteiger partial charge in [0, 0.05) is 31.2 Å². The van der Waals surface area contributed by atoms with Gasteiger partial charge in [-0.3, -0.25) is 9.79 Å². The number of nitrogens with one attached hydrogen (secondary N) is 3. The van der Waals surface area contributed by atoms with Crippen molar-refractivity contribution < 1.29 is 4.79 Å². The number of guanidine groups is 1. The van der Waals surface area contributed by atoms with E-state index in [1.807, 2.05) is 48.7 Å². The van der Waals surface area contributed by atoms with Crippen LogP contribution in [0.15, 0.2) is 46.8 Å². The highest BCUT2D eigenvalue weighted by molar-refractivity contribution is 14.0. The fourth-order valence-electron chi connectivity index (χ4n) is 2.28. The summed E-state index contributed by atoms with van der Waals surface area (Å²) in [4.78, 5) is 17.1. The van der Waals surface area contributed by atoms with Crippen molar-refractivity contribution in [2.75, 3.05) is 26.2 Å². The van der Waals surface area contributed by atoms with Crippen LogP contribution in [-0.4, -0.2) is 38.0 Å². The number of amides is 1. The van der Waals surface area contributed by atoms with Gasteiger partial charge in [-0.05, 0) is 48.9 Å². The number of halogens is 2. The number of benzene rings is 1. The molecule has 148 valence electrons. The predicted molar refractivity (Wildman–Crippen MR) is 126 cm³/mol. The van der Waals surface area contributed by atoms with Crippen LogP contribution >= 0.6 is 46.9 Å². The van der Waals surface area contributed by atoms with Crippen LogP contribution in [0.4, 0.5) is 0 Å². The number of carbonyl (C=O) groups excluding carboxylic acids is 1. The standard InChI is InChI=1S/C19H25ClN4OS.HI/c1-2-21-19(24-13-10-15-6-8-16(20)9-7-15)23-12-4-11-22-18(25)17-5-3-14-26-17;/h3,5-9,14H,2,4,10-13H2,1H3,(H,22,25)(H2,21,23,24);1H. The lowest BCUT2D eigenvalue weighted by Crippen LogP contribution is -2.38. The number of carbonyl (C=O) groups is 1. The topological polar surface area (TPSA) is 65.5 Å². The van der Waals surface area contributed by atoms with Crippen molar-refractivity contribution in [3.63, 3.8) is 0 Å². The molecule has 1 aromatic heterocycles. The van der Waals surface area contributed by atoms with Gasteiger partial charge >= 0.3 is 0 Å². The maximum absolute atomic E-state index is 11.8. The van der Waals surface area contributed by atoms with Crippen LogP contribution in [0.1, 0.15) is 28.6 Å². The first-order valence-corrected chi connectivity index (χ1v) is 10.0. The van der Waals surface area contributed by atoms with E-state index in [2.05, 4.69) is 20.9 Å². The normalized spacial score (nSPS) is 10.8. The summed E-state index contributed by atoms with van der Waals surface area (Å²) >= 11 is 7.35. The van der Waals surface area contributed by atoms with E-state index in [1.54, 1.807) is 0 Å². The SMILES string of the molecule is CCNC(=NCCCNC(=O)c1cccs1)NCCc1ccc(Cl)cc1.I. The number of hydrogen-bond donors (Lipinski definition) is 3. The molecule has 1 amide bonds. The monoisotopic (exact) mass is 520 g/mol. The van der Waals surface area contributed by atoms with Gasteiger partial charge in [0.2, 0.25) is 0 Å². The molecule has 1 heterocycles. The van der Waals surface area contributed by atoms with E-state index in [4.69, 9.17) is 11.6 Å². The van der Waals surface area contributed by atoms with Crippen molar-refractivity contribution in [3.05, 3.63) is 57.2 Å². The lowest BCUT2D eigenvalue weighted by molar-refractivity contribution is 0.0957. The lowest BCUT2D eigenvalue weighted by Gasteiger charge is -2.11. The average molecular weight is 521 g/mol. The van der Waals surface area contributed by atoms with E-state index in [1.165, 1.54) is 16.9 Å². The van der Waals surface area contributed by atoms with Crippen LogP contribution in [0.25, 0.3) is 0 Å². The fourth-order valence-corrected chi connectivity index (χ4v) is 3.05. The summed E-state index contributed by atoms with van der Waals surface area (Å²) in [7, 11) is 0. The van der Waals surface area contributed by atoms with Gasteiger partial charge in [-0.2, -0.15) is 0 Å². The molecule has 2 aromatic rings. The highest BCUT2D eigenvalue weighted by Crippen LogP contribution is 2.09. The molecule has 3 N–H and O–H groups in total. The zero-order valence-corrected chi connectivity index (χ0v) is 19.2. The van der Waals surface area contributed by atoms with Crippen LogP contribution in [0.5, 0.6) is 0 Å². The Bertz CT molecular complexity index is 692. The summed E-state index contributed by atoms with van der Waals surface area (Å²) in [5, 5.41) is 12.1. The number of hydrogen-bond acceptors (Lipinski definition) is 3. The maximum atomic E-state index is 11.8. The Morgan fingerprint density at radius 3 is 2.56 bits per heavy atom. The molecule has 0 aliphatic heterocycles. The molecule has 0 aliphatic carbocycles. The Labute approximate surface area is 187 Å². The van der Waals surface area contributed by atoms with Gasteiger partial charge in [-0.1, -0.05) is 29.8 Å². The Kier molecular flexibility index (Phi) is 12.1. The molecule has 0 saturated carbocycles. The predicted octanol–water partition coefficient (Wildman–Crippen LogP) is 3.94. The van der Waals surface area contributed by atoms with E-state index in [0.29, 0.717) is 13.1 Å². The second kappa shape index (κ2) is 13.8. The smallest absolute Gasteiger partial charge is 0.261 e. The minimum absolute atomic E-state index is 0. The summed E-state index contributed by atoms with van der Waals surface area (Å²) in [5.41, 5.74) is 1.23. The Morgan fingerprint density at radius 1 is 1.11 bits per heavy atom. The third-order valence-electron chi connectivity index (χ3n) is 3.60. The molecule has 1 aromatic carbocycles. The van der Waals surface area contributed by atoms with Gasteiger partial charge < -0.3 is 16.0 Å². The second-order valence-corrected chi connectivity index (χ2v) is 7.03. The van der Waals surface area contributed by atoms with Gasteiger partial charge in [-0.25, -0.2) is 0 Å². The van der Waals surface area contributed by atoms with Gasteiger partial charge in [0.05, 0.1) is 4.88 Å². The highest BCUT2D eigenvalue weighted by atomic mass is 127. The molecular weight excluding hydrogens is 495 g/mol. The van der Waals surface area contributed by atoms with Crippen LogP contribution in [0, 0.1) is 0 Å². The molecule has 0 aliphatic rings. The van der Waals surface area contributed by atoms with Crippen LogP contribution < -0.4 is 16.0 Å². The summed E-state index contributed by atoms with van der Waals surface area (Å²) in [6.45, 7) is 4.91. The molecule has 0 radical (unpaired) electrons.